The van der Waals surface area contributed by atoms with E-state index in [0.29, 0.717) is 0 Å². The van der Waals surface area contributed by atoms with Gasteiger partial charge in [-0.25, -0.2) is 0 Å². The molecule has 0 aromatic heterocycles. The minimum atomic E-state index is 0.202. The predicted molar refractivity (Wildman–Crippen MR) is 48.0 cm³/mol. The van der Waals surface area contributed by atoms with Crippen molar-refractivity contribution in [3.63, 3.8) is 0 Å². The number of likely N-dealkylation sites (tertiary alicyclic amines) is 1. The van der Waals surface area contributed by atoms with Crippen LogP contribution < -0.4 is 0 Å². The molecule has 1 aliphatic heterocycles. The second-order valence-corrected chi connectivity index (χ2v) is 3.87. The topological polar surface area (TPSA) is 27.1 Å². The van der Waals surface area contributed by atoms with Crippen molar-refractivity contribution in [2.75, 3.05) is 6.54 Å². The maximum Gasteiger partial charge on any atom is 0.0962 e. The van der Waals surface area contributed by atoms with Gasteiger partial charge in [0, 0.05) is 18.5 Å². The lowest BCUT2D eigenvalue weighted by Gasteiger charge is -2.36. The summed E-state index contributed by atoms with van der Waals surface area (Å²) in [7, 11) is 0. The molecule has 1 saturated heterocycles. The van der Waals surface area contributed by atoms with Gasteiger partial charge in [-0.3, -0.25) is 5.41 Å². The first-order chi connectivity index (χ1) is 5.08. The van der Waals surface area contributed by atoms with Crippen molar-refractivity contribution in [2.45, 2.75) is 45.6 Å². The zero-order valence-electron chi connectivity index (χ0n) is 7.78. The standard InChI is InChI=1S/C9H18N2/c1-4-9(2,3)11-7-5-6-8(11)10/h10H,4-7H2,1-3H3. The van der Waals surface area contributed by atoms with E-state index in [-0.39, 0.29) is 5.54 Å². The van der Waals surface area contributed by atoms with Gasteiger partial charge in [-0.2, -0.15) is 0 Å². The van der Waals surface area contributed by atoms with Crippen LogP contribution >= 0.6 is 0 Å². The van der Waals surface area contributed by atoms with Gasteiger partial charge in [-0.1, -0.05) is 6.92 Å². The average Bonchev–Trinajstić information content (AvgIpc) is 2.36. The highest BCUT2D eigenvalue weighted by Gasteiger charge is 2.29. The highest BCUT2D eigenvalue weighted by molar-refractivity contribution is 5.81. The quantitative estimate of drug-likeness (QED) is 0.649. The Morgan fingerprint density at radius 2 is 2.18 bits per heavy atom. The second kappa shape index (κ2) is 2.84. The summed E-state index contributed by atoms with van der Waals surface area (Å²) in [6, 6.07) is 0. The van der Waals surface area contributed by atoms with Gasteiger partial charge in [0.15, 0.2) is 0 Å². The SMILES string of the molecule is CCC(C)(C)N1CCCC1=N. The summed E-state index contributed by atoms with van der Waals surface area (Å²) in [5.74, 6) is 0.830. The Balaban J connectivity index is 2.65. The van der Waals surface area contributed by atoms with Crippen LogP contribution in [0.1, 0.15) is 40.0 Å². The minimum Gasteiger partial charge on any atom is -0.355 e. The third-order valence-corrected chi connectivity index (χ3v) is 2.72. The number of rotatable bonds is 2. The van der Waals surface area contributed by atoms with E-state index >= 15 is 0 Å². The molecule has 0 aromatic carbocycles. The zero-order chi connectivity index (χ0) is 8.48. The number of amidine groups is 1. The molecule has 0 radical (unpaired) electrons. The van der Waals surface area contributed by atoms with Gasteiger partial charge in [0.05, 0.1) is 5.84 Å². The van der Waals surface area contributed by atoms with Gasteiger partial charge in [-0.05, 0) is 26.7 Å². The molecule has 0 saturated carbocycles. The molecule has 11 heavy (non-hydrogen) atoms. The summed E-state index contributed by atoms with van der Waals surface area (Å²) < 4.78 is 0. The smallest absolute Gasteiger partial charge is 0.0962 e. The monoisotopic (exact) mass is 154 g/mol. The molecule has 0 atom stereocenters. The molecule has 0 spiro atoms. The maximum atomic E-state index is 7.69. The predicted octanol–water partition coefficient (Wildman–Crippen LogP) is 2.25. The van der Waals surface area contributed by atoms with E-state index in [1.165, 1.54) is 6.42 Å². The van der Waals surface area contributed by atoms with E-state index < -0.39 is 0 Å². The zero-order valence-corrected chi connectivity index (χ0v) is 7.78. The average molecular weight is 154 g/mol. The second-order valence-electron chi connectivity index (χ2n) is 3.87. The Morgan fingerprint density at radius 1 is 1.55 bits per heavy atom. The van der Waals surface area contributed by atoms with Crippen molar-refractivity contribution >= 4 is 5.84 Å². The Hall–Kier alpha value is -0.530. The molecule has 2 heteroatoms. The molecule has 0 aliphatic carbocycles. The van der Waals surface area contributed by atoms with E-state index in [1.807, 2.05) is 0 Å². The lowest BCUT2D eigenvalue weighted by atomic mass is 10.00. The van der Waals surface area contributed by atoms with Crippen molar-refractivity contribution in [3.05, 3.63) is 0 Å². The van der Waals surface area contributed by atoms with Gasteiger partial charge in [0.1, 0.15) is 0 Å². The number of hydrogen-bond donors (Lipinski definition) is 1. The summed E-state index contributed by atoms with van der Waals surface area (Å²) in [6.45, 7) is 7.70. The van der Waals surface area contributed by atoms with Gasteiger partial charge in [-0.15, -0.1) is 0 Å². The van der Waals surface area contributed by atoms with Gasteiger partial charge < -0.3 is 4.90 Å². The normalized spacial score (nSPS) is 19.5. The number of nitrogens with one attached hydrogen (secondary N) is 1. The molecule has 0 aromatic rings. The van der Waals surface area contributed by atoms with Crippen molar-refractivity contribution in [3.8, 4) is 0 Å². The molecular weight excluding hydrogens is 136 g/mol. The van der Waals surface area contributed by atoms with E-state index in [1.54, 1.807) is 0 Å². The largest absolute Gasteiger partial charge is 0.355 e. The van der Waals surface area contributed by atoms with Crippen LogP contribution in [-0.4, -0.2) is 22.8 Å². The van der Waals surface area contributed by atoms with E-state index in [2.05, 4.69) is 25.7 Å². The molecule has 1 fully saturated rings. The minimum absolute atomic E-state index is 0.202. The molecule has 1 heterocycles. The molecule has 1 N–H and O–H groups in total. The van der Waals surface area contributed by atoms with Crippen molar-refractivity contribution in [1.29, 1.82) is 5.41 Å². The number of nitrogens with zero attached hydrogens (tertiary/aromatic N) is 1. The van der Waals surface area contributed by atoms with Crippen LogP contribution in [0.2, 0.25) is 0 Å². The van der Waals surface area contributed by atoms with Gasteiger partial charge in [0.25, 0.3) is 0 Å². The fourth-order valence-corrected chi connectivity index (χ4v) is 1.53. The molecule has 1 aliphatic rings. The van der Waals surface area contributed by atoms with E-state index in [9.17, 15) is 0 Å². The van der Waals surface area contributed by atoms with Crippen LogP contribution in [0.4, 0.5) is 0 Å². The summed E-state index contributed by atoms with van der Waals surface area (Å²) in [5, 5.41) is 7.69. The van der Waals surface area contributed by atoms with Crippen LogP contribution in [0.3, 0.4) is 0 Å². The van der Waals surface area contributed by atoms with Gasteiger partial charge in [0.2, 0.25) is 0 Å². The van der Waals surface area contributed by atoms with Crippen LogP contribution in [0, 0.1) is 5.41 Å². The first-order valence-corrected chi connectivity index (χ1v) is 4.43. The maximum absolute atomic E-state index is 7.69. The fraction of sp³-hybridized carbons (Fsp3) is 0.889. The molecule has 2 nitrogen and oxygen atoms in total. The highest BCUT2D eigenvalue weighted by Crippen LogP contribution is 2.24. The molecule has 1 rings (SSSR count). The van der Waals surface area contributed by atoms with Crippen molar-refractivity contribution < 1.29 is 0 Å². The Labute approximate surface area is 69.1 Å². The Kier molecular flexibility index (Phi) is 2.21. The molecule has 0 bridgehead atoms. The summed E-state index contributed by atoms with van der Waals surface area (Å²) in [5.41, 5.74) is 0.202. The Morgan fingerprint density at radius 3 is 2.55 bits per heavy atom. The first-order valence-electron chi connectivity index (χ1n) is 4.43. The lowest BCUT2D eigenvalue weighted by Crippen LogP contribution is -2.43. The third-order valence-electron chi connectivity index (χ3n) is 2.72. The fourth-order valence-electron chi connectivity index (χ4n) is 1.53. The first kappa shape index (κ1) is 8.57. The lowest BCUT2D eigenvalue weighted by molar-refractivity contribution is 0.222. The van der Waals surface area contributed by atoms with Crippen molar-refractivity contribution in [2.24, 2.45) is 0 Å². The van der Waals surface area contributed by atoms with Crippen molar-refractivity contribution in [1.82, 2.24) is 4.90 Å². The van der Waals surface area contributed by atoms with Gasteiger partial charge >= 0.3 is 0 Å². The summed E-state index contributed by atoms with van der Waals surface area (Å²) >= 11 is 0. The van der Waals surface area contributed by atoms with Crippen LogP contribution in [0.25, 0.3) is 0 Å². The third kappa shape index (κ3) is 1.55. The highest BCUT2D eigenvalue weighted by atomic mass is 15.2. The molecule has 0 unspecified atom stereocenters. The van der Waals surface area contributed by atoms with Crippen LogP contribution in [-0.2, 0) is 0 Å². The van der Waals surface area contributed by atoms with E-state index in [4.69, 9.17) is 5.41 Å². The van der Waals surface area contributed by atoms with Crippen LogP contribution in [0.5, 0.6) is 0 Å². The van der Waals surface area contributed by atoms with E-state index in [0.717, 1.165) is 25.2 Å². The Bertz CT molecular complexity index is 161. The summed E-state index contributed by atoms with van der Waals surface area (Å²) in [6.07, 6.45) is 3.26. The molecule has 0 amide bonds. The molecule has 64 valence electrons. The summed E-state index contributed by atoms with van der Waals surface area (Å²) in [4.78, 5) is 2.23. The molecular formula is C9H18N2. The number of hydrogen-bond acceptors (Lipinski definition) is 1. The van der Waals surface area contributed by atoms with Crippen LogP contribution in [0.15, 0.2) is 0 Å².